The lowest BCUT2D eigenvalue weighted by atomic mass is 10.2. The predicted octanol–water partition coefficient (Wildman–Crippen LogP) is 1.09. The lowest BCUT2D eigenvalue weighted by Crippen LogP contribution is -2.53. The summed E-state index contributed by atoms with van der Waals surface area (Å²) in [6.45, 7) is 6.10. The van der Waals surface area contributed by atoms with E-state index in [1.165, 1.54) is 0 Å². The van der Waals surface area contributed by atoms with Crippen LogP contribution in [0.2, 0.25) is 0 Å². The Morgan fingerprint density at radius 3 is 2.57 bits per heavy atom. The predicted molar refractivity (Wildman–Crippen MR) is 80.7 cm³/mol. The summed E-state index contributed by atoms with van der Waals surface area (Å²) in [6, 6.07) is 5.69. The molecule has 0 saturated carbocycles. The maximum Gasteiger partial charge on any atom is 0.243 e. The molecule has 1 aromatic heterocycles. The van der Waals surface area contributed by atoms with Crippen LogP contribution in [0.5, 0.6) is 0 Å². The molecule has 1 aliphatic heterocycles. The first-order chi connectivity index (χ1) is 10.1. The average Bonchev–Trinajstić information content (AvgIpc) is 2.49. The van der Waals surface area contributed by atoms with Gasteiger partial charge in [0.15, 0.2) is 0 Å². The molecule has 1 fully saturated rings. The molecule has 1 saturated heterocycles. The van der Waals surface area contributed by atoms with Crippen molar-refractivity contribution in [1.82, 2.24) is 14.8 Å². The first-order valence-electron chi connectivity index (χ1n) is 7.39. The smallest absolute Gasteiger partial charge is 0.243 e. The zero-order valence-corrected chi connectivity index (χ0v) is 12.6. The van der Waals surface area contributed by atoms with Crippen LogP contribution >= 0.6 is 0 Å². The van der Waals surface area contributed by atoms with Gasteiger partial charge in [0.25, 0.3) is 0 Å². The van der Waals surface area contributed by atoms with Crippen LogP contribution < -0.4 is 5.32 Å². The van der Waals surface area contributed by atoms with Crippen molar-refractivity contribution < 1.29 is 9.59 Å². The molecule has 0 bridgehead atoms. The number of piperazine rings is 1. The minimum atomic E-state index is -0.0230. The molecule has 2 amide bonds. The molecular formula is C15H22N4O2. The van der Waals surface area contributed by atoms with Crippen LogP contribution in [-0.4, -0.2) is 52.8 Å². The van der Waals surface area contributed by atoms with E-state index in [4.69, 9.17) is 0 Å². The van der Waals surface area contributed by atoms with Gasteiger partial charge in [-0.3, -0.25) is 9.59 Å². The second-order valence-electron chi connectivity index (χ2n) is 5.10. The van der Waals surface area contributed by atoms with Gasteiger partial charge in [-0.15, -0.1) is 0 Å². The molecule has 1 aromatic rings. The fraction of sp³-hybridized carbons (Fsp3) is 0.533. The number of nitrogens with one attached hydrogen (secondary N) is 1. The first-order valence-corrected chi connectivity index (χ1v) is 7.39. The Hall–Kier alpha value is -2.11. The highest BCUT2D eigenvalue weighted by molar-refractivity contribution is 5.92. The minimum absolute atomic E-state index is 0.00244. The van der Waals surface area contributed by atoms with Crippen LogP contribution in [0.3, 0.4) is 0 Å². The summed E-state index contributed by atoms with van der Waals surface area (Å²) in [7, 11) is 0. The summed E-state index contributed by atoms with van der Waals surface area (Å²) in [5.74, 6) is 0.780. The van der Waals surface area contributed by atoms with Crippen LogP contribution in [0.1, 0.15) is 26.0 Å². The van der Waals surface area contributed by atoms with Crippen LogP contribution in [0.25, 0.3) is 0 Å². The second kappa shape index (κ2) is 7.06. The van der Waals surface area contributed by atoms with Crippen molar-refractivity contribution in [2.24, 2.45) is 0 Å². The van der Waals surface area contributed by atoms with Gasteiger partial charge in [-0.2, -0.15) is 0 Å². The van der Waals surface area contributed by atoms with E-state index in [-0.39, 0.29) is 24.9 Å². The van der Waals surface area contributed by atoms with Gasteiger partial charge in [0.2, 0.25) is 11.8 Å². The van der Waals surface area contributed by atoms with E-state index in [0.717, 1.165) is 24.5 Å². The molecule has 1 N–H and O–H groups in total. The van der Waals surface area contributed by atoms with Crippen LogP contribution in [0, 0.1) is 0 Å². The number of hydrogen-bond donors (Lipinski definition) is 1. The van der Waals surface area contributed by atoms with Crippen LogP contribution in [0.4, 0.5) is 5.82 Å². The molecule has 114 valence electrons. The third-order valence-electron chi connectivity index (χ3n) is 3.46. The number of likely N-dealkylation sites (N-methyl/N-ethyl adjacent to an activating group) is 1. The number of aromatic nitrogens is 1. The number of carbonyl (C=O) groups excluding carboxylic acids is 2. The third kappa shape index (κ3) is 3.93. The van der Waals surface area contributed by atoms with Gasteiger partial charge < -0.3 is 15.1 Å². The van der Waals surface area contributed by atoms with E-state index < -0.39 is 0 Å². The number of pyridine rings is 1. The number of carbonyl (C=O) groups is 2. The van der Waals surface area contributed by atoms with Crippen molar-refractivity contribution in [3.8, 4) is 0 Å². The molecule has 6 nitrogen and oxygen atoms in total. The summed E-state index contributed by atoms with van der Waals surface area (Å²) in [5, 5.41) is 3.22. The maximum atomic E-state index is 12.1. The van der Waals surface area contributed by atoms with E-state index in [1.807, 2.05) is 25.1 Å². The Bertz CT molecular complexity index is 518. The summed E-state index contributed by atoms with van der Waals surface area (Å²) in [6.07, 6.45) is 1.03. The molecule has 0 radical (unpaired) electrons. The van der Waals surface area contributed by atoms with Crippen LogP contribution in [0.15, 0.2) is 18.2 Å². The Kier molecular flexibility index (Phi) is 5.14. The summed E-state index contributed by atoms with van der Waals surface area (Å²) < 4.78 is 0. The van der Waals surface area contributed by atoms with Crippen molar-refractivity contribution >= 4 is 17.6 Å². The van der Waals surface area contributed by atoms with Gasteiger partial charge in [0, 0.05) is 13.1 Å². The average molecular weight is 290 g/mol. The minimum Gasteiger partial charge on any atom is -0.370 e. The number of hydrogen-bond acceptors (Lipinski definition) is 4. The fourth-order valence-electron chi connectivity index (χ4n) is 2.25. The first kappa shape index (κ1) is 15.3. The normalized spacial score (nSPS) is 15.5. The molecule has 21 heavy (non-hydrogen) atoms. The van der Waals surface area contributed by atoms with Crippen molar-refractivity contribution in [2.45, 2.75) is 26.8 Å². The molecule has 2 rings (SSSR count). The topological polar surface area (TPSA) is 65.5 Å². The Morgan fingerprint density at radius 1 is 1.14 bits per heavy atom. The standard InChI is InChI=1S/C15H22N4O2/c1-3-8-16-13-7-5-6-12(17-13)9-19-11-14(20)18(4-2)10-15(19)21/h5-7H,3-4,8-11H2,1-2H3,(H,16,17). The third-order valence-corrected chi connectivity index (χ3v) is 3.46. The zero-order chi connectivity index (χ0) is 15.2. The number of nitrogens with zero attached hydrogens (tertiary/aromatic N) is 3. The molecule has 0 aliphatic carbocycles. The molecule has 1 aliphatic rings. The molecule has 2 heterocycles. The van der Waals surface area contributed by atoms with Crippen molar-refractivity contribution in [2.75, 3.05) is 31.5 Å². The van der Waals surface area contributed by atoms with Gasteiger partial charge in [-0.05, 0) is 25.5 Å². The maximum absolute atomic E-state index is 12.1. The van der Waals surface area contributed by atoms with Gasteiger partial charge in [-0.25, -0.2) is 4.98 Å². The molecule has 6 heteroatoms. The number of anilines is 1. The molecule has 0 atom stereocenters. The molecule has 0 aromatic carbocycles. The lowest BCUT2D eigenvalue weighted by Gasteiger charge is -2.33. The van der Waals surface area contributed by atoms with Crippen LogP contribution in [-0.2, 0) is 16.1 Å². The second-order valence-corrected chi connectivity index (χ2v) is 5.10. The largest absolute Gasteiger partial charge is 0.370 e. The van der Waals surface area contributed by atoms with Crippen molar-refractivity contribution in [1.29, 1.82) is 0 Å². The van der Waals surface area contributed by atoms with E-state index in [1.54, 1.807) is 9.80 Å². The van der Waals surface area contributed by atoms with E-state index >= 15 is 0 Å². The van der Waals surface area contributed by atoms with Crippen molar-refractivity contribution in [3.63, 3.8) is 0 Å². The molecular weight excluding hydrogens is 268 g/mol. The lowest BCUT2D eigenvalue weighted by molar-refractivity contribution is -0.150. The SMILES string of the molecule is CCCNc1cccc(CN2CC(=O)N(CC)CC2=O)n1. The van der Waals surface area contributed by atoms with Gasteiger partial charge >= 0.3 is 0 Å². The van der Waals surface area contributed by atoms with Crippen molar-refractivity contribution in [3.05, 3.63) is 23.9 Å². The molecule has 0 spiro atoms. The van der Waals surface area contributed by atoms with Gasteiger partial charge in [-0.1, -0.05) is 13.0 Å². The van der Waals surface area contributed by atoms with E-state index in [9.17, 15) is 9.59 Å². The molecule has 0 unspecified atom stereocenters. The Morgan fingerprint density at radius 2 is 1.86 bits per heavy atom. The highest BCUT2D eigenvalue weighted by Crippen LogP contribution is 2.11. The fourth-order valence-corrected chi connectivity index (χ4v) is 2.25. The number of rotatable bonds is 6. The highest BCUT2D eigenvalue weighted by Gasteiger charge is 2.28. The Balaban J connectivity index is 2.01. The quantitative estimate of drug-likeness (QED) is 0.852. The van der Waals surface area contributed by atoms with Gasteiger partial charge in [0.1, 0.15) is 12.4 Å². The number of amides is 2. The highest BCUT2D eigenvalue weighted by atomic mass is 16.2. The summed E-state index contributed by atoms with van der Waals surface area (Å²) in [5.41, 5.74) is 0.794. The van der Waals surface area contributed by atoms with E-state index in [2.05, 4.69) is 17.2 Å². The Labute approximate surface area is 125 Å². The van der Waals surface area contributed by atoms with Gasteiger partial charge in [0.05, 0.1) is 18.8 Å². The monoisotopic (exact) mass is 290 g/mol. The van der Waals surface area contributed by atoms with E-state index in [0.29, 0.717) is 13.1 Å². The zero-order valence-electron chi connectivity index (χ0n) is 12.6. The summed E-state index contributed by atoms with van der Waals surface area (Å²) >= 11 is 0. The summed E-state index contributed by atoms with van der Waals surface area (Å²) in [4.78, 5) is 31.6.